The third kappa shape index (κ3) is 3.97. The van der Waals surface area contributed by atoms with Gasteiger partial charge in [0, 0.05) is 54.8 Å². The van der Waals surface area contributed by atoms with Crippen molar-refractivity contribution in [1.29, 1.82) is 0 Å². The van der Waals surface area contributed by atoms with Crippen molar-refractivity contribution < 1.29 is 13.2 Å². The lowest BCUT2D eigenvalue weighted by Crippen LogP contribution is -2.53. The Labute approximate surface area is 215 Å². The molecule has 3 fully saturated rings. The Kier molecular flexibility index (Phi) is 6.27. The van der Waals surface area contributed by atoms with E-state index in [4.69, 9.17) is 9.97 Å². The molecule has 2 heterocycles. The summed E-state index contributed by atoms with van der Waals surface area (Å²) in [5, 5.41) is 0. The smallest absolute Gasteiger partial charge is 0.215 e. The highest BCUT2D eigenvalue weighted by Gasteiger charge is 2.65. The highest BCUT2D eigenvalue weighted by atomic mass is 32.2. The fourth-order valence-electron chi connectivity index (χ4n) is 6.89. The highest BCUT2D eigenvalue weighted by Crippen LogP contribution is 2.64. The number of piperazine rings is 1. The third-order valence-corrected chi connectivity index (χ3v) is 11.2. The number of anilines is 1. The van der Waals surface area contributed by atoms with Crippen LogP contribution in [0, 0.1) is 23.7 Å². The maximum Gasteiger partial charge on any atom is 0.215 e. The summed E-state index contributed by atoms with van der Waals surface area (Å²) < 4.78 is 28.8. The molecule has 1 aromatic carbocycles. The van der Waals surface area contributed by atoms with Crippen LogP contribution in [0.2, 0.25) is 0 Å². The third-order valence-electron chi connectivity index (χ3n) is 9.22. The van der Waals surface area contributed by atoms with Crippen LogP contribution in [0.1, 0.15) is 64.1 Å². The summed E-state index contributed by atoms with van der Waals surface area (Å²) in [7, 11) is -3.55. The SMILES string of the molecule is Cc1nc(-c2ccccc2)nc(N2CCN(S(=O)(=O)CC34CCC(CC3=O)C4(C)C)CC2)c1C(C)C. The number of nitrogens with zero attached hydrogens (tertiary/aromatic N) is 4. The molecule has 2 unspecified atom stereocenters. The van der Waals surface area contributed by atoms with E-state index in [1.165, 1.54) is 0 Å². The number of Topliss-reactive ketones (excluding diaryl/α,β-unsaturated/α-hetero) is 1. The second-order valence-electron chi connectivity index (χ2n) is 11.7. The van der Waals surface area contributed by atoms with E-state index < -0.39 is 15.4 Å². The lowest BCUT2D eigenvalue weighted by Gasteiger charge is -2.40. The van der Waals surface area contributed by atoms with E-state index in [0.29, 0.717) is 50.8 Å². The van der Waals surface area contributed by atoms with E-state index in [1.54, 1.807) is 4.31 Å². The lowest BCUT2D eigenvalue weighted by atomic mass is 9.70. The molecule has 2 atom stereocenters. The maximum absolute atomic E-state index is 13.6. The van der Waals surface area contributed by atoms with Crippen molar-refractivity contribution in [3.05, 3.63) is 41.6 Å². The number of hydrogen-bond donors (Lipinski definition) is 0. The summed E-state index contributed by atoms with van der Waals surface area (Å²) in [5.41, 5.74) is 2.06. The van der Waals surface area contributed by atoms with Gasteiger partial charge in [-0.15, -0.1) is 0 Å². The van der Waals surface area contributed by atoms with Crippen molar-refractivity contribution >= 4 is 21.6 Å². The van der Waals surface area contributed by atoms with Crippen molar-refractivity contribution in [2.75, 3.05) is 36.8 Å². The first-order valence-electron chi connectivity index (χ1n) is 13.2. The lowest BCUT2D eigenvalue weighted by molar-refractivity contribution is -0.128. The number of aryl methyl sites for hydroxylation is 1. The van der Waals surface area contributed by atoms with Gasteiger partial charge in [0.05, 0.1) is 5.75 Å². The van der Waals surface area contributed by atoms with Gasteiger partial charge >= 0.3 is 0 Å². The molecule has 0 spiro atoms. The topological polar surface area (TPSA) is 83.5 Å². The molecule has 0 N–H and O–H groups in total. The Hall–Kier alpha value is -2.32. The zero-order chi connectivity index (χ0) is 25.9. The number of carbonyl (C=O) groups is 1. The van der Waals surface area contributed by atoms with Gasteiger partial charge in [-0.3, -0.25) is 4.79 Å². The van der Waals surface area contributed by atoms with Gasteiger partial charge in [0.2, 0.25) is 10.0 Å². The average molecular weight is 511 g/mol. The van der Waals surface area contributed by atoms with Crippen LogP contribution in [0.25, 0.3) is 11.4 Å². The second-order valence-corrected chi connectivity index (χ2v) is 13.7. The van der Waals surface area contributed by atoms with Crippen molar-refractivity contribution in [3.63, 3.8) is 0 Å². The molecule has 7 nitrogen and oxygen atoms in total. The number of fused-ring (bicyclic) bond motifs is 2. The quantitative estimate of drug-likeness (QED) is 0.572. The zero-order valence-corrected chi connectivity index (χ0v) is 22.9. The first-order valence-corrected chi connectivity index (χ1v) is 14.8. The van der Waals surface area contributed by atoms with E-state index in [-0.39, 0.29) is 22.9 Å². The molecule has 1 aliphatic heterocycles. The van der Waals surface area contributed by atoms with Crippen molar-refractivity contribution in [3.8, 4) is 11.4 Å². The fraction of sp³-hybridized carbons (Fsp3) is 0.607. The Balaban J connectivity index is 1.37. The van der Waals surface area contributed by atoms with Crippen LogP contribution in [-0.4, -0.2) is 60.4 Å². The van der Waals surface area contributed by atoms with E-state index in [1.807, 2.05) is 37.3 Å². The molecule has 2 aliphatic carbocycles. The summed E-state index contributed by atoms with van der Waals surface area (Å²) in [6.45, 7) is 12.4. The summed E-state index contributed by atoms with van der Waals surface area (Å²) in [6, 6.07) is 9.96. The number of rotatable bonds is 6. The van der Waals surface area contributed by atoms with Gasteiger partial charge in [0.25, 0.3) is 0 Å². The number of sulfonamides is 1. The molecular weight excluding hydrogens is 472 g/mol. The predicted octanol–water partition coefficient (Wildman–Crippen LogP) is 4.42. The van der Waals surface area contributed by atoms with E-state index in [2.05, 4.69) is 32.6 Å². The van der Waals surface area contributed by atoms with Gasteiger partial charge < -0.3 is 4.90 Å². The maximum atomic E-state index is 13.6. The van der Waals surface area contributed by atoms with Gasteiger partial charge in [-0.1, -0.05) is 58.0 Å². The van der Waals surface area contributed by atoms with Crippen LogP contribution in [0.5, 0.6) is 0 Å². The Morgan fingerprint density at radius 1 is 1.06 bits per heavy atom. The number of hydrogen-bond acceptors (Lipinski definition) is 6. The molecule has 2 saturated carbocycles. The van der Waals surface area contributed by atoms with Gasteiger partial charge in [0.1, 0.15) is 11.6 Å². The first kappa shape index (κ1) is 25.3. The number of ketones is 1. The van der Waals surface area contributed by atoms with Crippen molar-refractivity contribution in [2.45, 2.75) is 59.8 Å². The van der Waals surface area contributed by atoms with Crippen molar-refractivity contribution in [1.82, 2.24) is 14.3 Å². The largest absolute Gasteiger partial charge is 0.354 e. The number of benzene rings is 1. The summed E-state index contributed by atoms with van der Waals surface area (Å²) in [4.78, 5) is 24.9. The van der Waals surface area contributed by atoms with Crippen LogP contribution >= 0.6 is 0 Å². The predicted molar refractivity (Wildman–Crippen MR) is 142 cm³/mol. The monoisotopic (exact) mass is 510 g/mol. The fourth-order valence-corrected chi connectivity index (χ4v) is 9.09. The molecule has 8 heteroatoms. The summed E-state index contributed by atoms with van der Waals surface area (Å²) >= 11 is 0. The summed E-state index contributed by atoms with van der Waals surface area (Å²) in [5.74, 6) is 2.25. The molecule has 0 radical (unpaired) electrons. The standard InChI is InChI=1S/C28H38N4O3S/c1-19(2)24-20(3)29-25(21-9-7-6-8-10-21)30-26(24)31-13-15-32(16-14-31)36(34,35)18-28-12-11-22(17-23(28)33)27(28,4)5/h6-10,19,22H,11-18H2,1-5H3. The van der Waals surface area contributed by atoms with Crippen LogP contribution in [0.3, 0.4) is 0 Å². The van der Waals surface area contributed by atoms with E-state index >= 15 is 0 Å². The van der Waals surface area contributed by atoms with Gasteiger partial charge in [-0.2, -0.15) is 4.31 Å². The number of carbonyl (C=O) groups excluding carboxylic acids is 1. The minimum absolute atomic E-state index is 0.0512. The molecule has 1 saturated heterocycles. The normalized spacial score (nSPS) is 26.2. The molecule has 0 amide bonds. The van der Waals surface area contributed by atoms with Gasteiger partial charge in [-0.05, 0) is 37.0 Å². The molecular formula is C28H38N4O3S. The van der Waals surface area contributed by atoms with Crippen LogP contribution in [0.4, 0.5) is 5.82 Å². The molecule has 1 aromatic heterocycles. The van der Waals surface area contributed by atoms with Crippen LogP contribution in [0.15, 0.2) is 30.3 Å². The van der Waals surface area contributed by atoms with E-state index in [9.17, 15) is 13.2 Å². The van der Waals surface area contributed by atoms with Crippen molar-refractivity contribution in [2.24, 2.45) is 16.7 Å². The molecule has 2 bridgehead atoms. The van der Waals surface area contributed by atoms with Gasteiger partial charge in [-0.25, -0.2) is 18.4 Å². The average Bonchev–Trinajstić information content (AvgIpc) is 3.18. The Morgan fingerprint density at radius 2 is 1.72 bits per heavy atom. The minimum Gasteiger partial charge on any atom is -0.354 e. The highest BCUT2D eigenvalue weighted by molar-refractivity contribution is 7.89. The summed E-state index contributed by atoms with van der Waals surface area (Å²) in [6.07, 6.45) is 2.19. The Morgan fingerprint density at radius 3 is 2.28 bits per heavy atom. The van der Waals surface area contributed by atoms with Crippen LogP contribution in [-0.2, 0) is 14.8 Å². The van der Waals surface area contributed by atoms with Crippen LogP contribution < -0.4 is 4.90 Å². The molecule has 194 valence electrons. The van der Waals surface area contributed by atoms with Gasteiger partial charge in [0.15, 0.2) is 5.82 Å². The first-order chi connectivity index (χ1) is 17.0. The van der Waals surface area contributed by atoms with E-state index in [0.717, 1.165) is 29.1 Å². The second kappa shape index (κ2) is 8.91. The number of aromatic nitrogens is 2. The molecule has 36 heavy (non-hydrogen) atoms. The molecule has 5 rings (SSSR count). The molecule has 3 aliphatic rings. The molecule has 2 aromatic rings. The zero-order valence-electron chi connectivity index (χ0n) is 22.1. The Bertz CT molecular complexity index is 1270. The minimum atomic E-state index is -3.55.